The molecule has 0 spiro atoms. The number of epoxide rings is 2. The van der Waals surface area contributed by atoms with Gasteiger partial charge in [0.05, 0.1) is 12.2 Å². The SMILES string of the molecule is C1=C2OC2C2C1C1CC2C2OC12. The quantitative estimate of drug-likeness (QED) is 0.495. The average molecular weight is 162 g/mol. The predicted octanol–water partition coefficient (Wildman–Crippen LogP) is 0.932. The van der Waals surface area contributed by atoms with E-state index in [0.29, 0.717) is 18.3 Å². The summed E-state index contributed by atoms with van der Waals surface area (Å²) in [5.74, 6) is 4.70. The van der Waals surface area contributed by atoms with Crippen LogP contribution in [-0.2, 0) is 9.47 Å². The topological polar surface area (TPSA) is 25.1 Å². The molecule has 0 aromatic rings. The molecule has 0 aromatic carbocycles. The number of fused-ring (bicyclic) bond motifs is 10. The lowest BCUT2D eigenvalue weighted by molar-refractivity contribution is 0.210. The molecule has 2 bridgehead atoms. The van der Waals surface area contributed by atoms with Crippen LogP contribution in [-0.4, -0.2) is 18.3 Å². The summed E-state index contributed by atoms with van der Waals surface area (Å²) in [6.07, 6.45) is 5.65. The van der Waals surface area contributed by atoms with Crippen LogP contribution in [0.3, 0.4) is 0 Å². The van der Waals surface area contributed by atoms with Crippen molar-refractivity contribution >= 4 is 0 Å². The van der Waals surface area contributed by atoms with E-state index in [-0.39, 0.29) is 0 Å². The van der Waals surface area contributed by atoms with E-state index >= 15 is 0 Å². The Morgan fingerprint density at radius 3 is 3.17 bits per heavy atom. The first-order valence-electron chi connectivity index (χ1n) is 4.97. The number of hydrogen-bond acceptors (Lipinski definition) is 2. The maximum absolute atomic E-state index is 5.66. The molecule has 5 rings (SSSR count). The second-order valence-electron chi connectivity index (χ2n) is 4.89. The van der Waals surface area contributed by atoms with Crippen molar-refractivity contribution in [3.8, 4) is 0 Å². The fourth-order valence-electron chi connectivity index (χ4n) is 4.10. The minimum absolute atomic E-state index is 0.537. The van der Waals surface area contributed by atoms with Crippen LogP contribution in [0.15, 0.2) is 11.8 Å². The van der Waals surface area contributed by atoms with Crippen LogP contribution >= 0.6 is 0 Å². The molecule has 2 saturated heterocycles. The Morgan fingerprint density at radius 2 is 2.17 bits per heavy atom. The maximum atomic E-state index is 5.66. The van der Waals surface area contributed by atoms with E-state index in [4.69, 9.17) is 9.47 Å². The predicted molar refractivity (Wildman–Crippen MR) is 40.2 cm³/mol. The molecule has 2 heterocycles. The smallest absolute Gasteiger partial charge is 0.159 e. The van der Waals surface area contributed by atoms with Crippen molar-refractivity contribution in [3.63, 3.8) is 0 Å². The van der Waals surface area contributed by atoms with Crippen LogP contribution in [0.2, 0.25) is 0 Å². The first kappa shape index (κ1) is 5.28. The first-order valence-corrected chi connectivity index (χ1v) is 4.97. The molecule has 7 unspecified atom stereocenters. The van der Waals surface area contributed by atoms with Crippen molar-refractivity contribution in [2.75, 3.05) is 0 Å². The molecule has 12 heavy (non-hydrogen) atoms. The summed E-state index contributed by atoms with van der Waals surface area (Å²) in [5, 5.41) is 0. The maximum Gasteiger partial charge on any atom is 0.159 e. The molecular weight excluding hydrogens is 152 g/mol. The van der Waals surface area contributed by atoms with Crippen molar-refractivity contribution in [3.05, 3.63) is 11.8 Å². The molecular formula is C10H10O2. The van der Waals surface area contributed by atoms with Gasteiger partial charge in [-0.15, -0.1) is 0 Å². The van der Waals surface area contributed by atoms with Gasteiger partial charge >= 0.3 is 0 Å². The highest BCUT2D eigenvalue weighted by molar-refractivity contribution is 5.33. The summed E-state index contributed by atoms with van der Waals surface area (Å²) < 4.78 is 11.2. The van der Waals surface area contributed by atoms with Gasteiger partial charge in [0.15, 0.2) is 6.10 Å². The lowest BCUT2D eigenvalue weighted by Gasteiger charge is -2.21. The molecule has 62 valence electrons. The number of hydrogen-bond donors (Lipinski definition) is 0. The minimum Gasteiger partial charge on any atom is -0.483 e. The molecule has 0 aromatic heterocycles. The Morgan fingerprint density at radius 1 is 1.25 bits per heavy atom. The Bertz CT molecular complexity index is 322. The molecule has 0 radical (unpaired) electrons. The van der Waals surface area contributed by atoms with E-state index in [1.807, 2.05) is 0 Å². The van der Waals surface area contributed by atoms with Gasteiger partial charge in [-0.1, -0.05) is 0 Å². The van der Waals surface area contributed by atoms with E-state index in [2.05, 4.69) is 6.08 Å². The third-order valence-corrected chi connectivity index (χ3v) is 4.58. The number of ether oxygens (including phenoxy) is 2. The molecule has 2 aliphatic heterocycles. The van der Waals surface area contributed by atoms with Gasteiger partial charge in [0.25, 0.3) is 0 Å². The molecule has 2 nitrogen and oxygen atoms in total. The molecule has 0 N–H and O–H groups in total. The van der Waals surface area contributed by atoms with E-state index in [9.17, 15) is 0 Å². The second-order valence-corrected chi connectivity index (χ2v) is 4.89. The van der Waals surface area contributed by atoms with E-state index < -0.39 is 0 Å². The first-order chi connectivity index (χ1) is 5.93. The van der Waals surface area contributed by atoms with Crippen molar-refractivity contribution in [1.29, 1.82) is 0 Å². The lowest BCUT2D eigenvalue weighted by Crippen LogP contribution is -2.27. The highest BCUT2D eigenvalue weighted by Crippen LogP contribution is 2.68. The van der Waals surface area contributed by atoms with Crippen LogP contribution in [0, 0.1) is 23.7 Å². The summed E-state index contributed by atoms with van der Waals surface area (Å²) in [5.41, 5.74) is 0. The lowest BCUT2D eigenvalue weighted by atomic mass is 9.81. The largest absolute Gasteiger partial charge is 0.483 e. The summed E-state index contributed by atoms with van der Waals surface area (Å²) in [4.78, 5) is 0. The van der Waals surface area contributed by atoms with E-state index in [1.54, 1.807) is 0 Å². The highest BCUT2D eigenvalue weighted by atomic mass is 16.6. The van der Waals surface area contributed by atoms with Gasteiger partial charge in [-0.2, -0.15) is 0 Å². The number of allylic oxidation sites excluding steroid dienone is 1. The Kier molecular flexibility index (Phi) is 0.551. The molecule has 2 saturated carbocycles. The van der Waals surface area contributed by atoms with Gasteiger partial charge in [-0.25, -0.2) is 0 Å². The molecule has 2 heteroatoms. The molecule has 7 atom stereocenters. The van der Waals surface area contributed by atoms with Gasteiger partial charge in [-0.05, 0) is 30.3 Å². The van der Waals surface area contributed by atoms with Gasteiger partial charge in [0.1, 0.15) is 5.76 Å². The van der Waals surface area contributed by atoms with Crippen LogP contribution in [0.5, 0.6) is 0 Å². The van der Waals surface area contributed by atoms with E-state index in [1.165, 1.54) is 12.2 Å². The third-order valence-electron chi connectivity index (χ3n) is 4.58. The molecule has 0 amide bonds. The van der Waals surface area contributed by atoms with Crippen LogP contribution in [0.25, 0.3) is 0 Å². The molecule has 5 aliphatic rings. The molecule has 3 aliphatic carbocycles. The third kappa shape index (κ3) is 0.363. The Balaban J connectivity index is 1.71. The van der Waals surface area contributed by atoms with E-state index in [0.717, 1.165) is 23.7 Å². The van der Waals surface area contributed by atoms with Crippen molar-refractivity contribution < 1.29 is 9.47 Å². The average Bonchev–Trinajstić information content (AvgIpc) is 2.92. The fraction of sp³-hybridized carbons (Fsp3) is 0.800. The van der Waals surface area contributed by atoms with Crippen LogP contribution in [0.4, 0.5) is 0 Å². The highest BCUT2D eigenvalue weighted by Gasteiger charge is 2.72. The van der Waals surface area contributed by atoms with Gasteiger partial charge in [-0.3, -0.25) is 0 Å². The summed E-state index contributed by atoms with van der Waals surface area (Å²) >= 11 is 0. The van der Waals surface area contributed by atoms with Crippen LogP contribution in [0.1, 0.15) is 6.42 Å². The second kappa shape index (κ2) is 1.25. The van der Waals surface area contributed by atoms with Gasteiger partial charge < -0.3 is 9.47 Å². The number of rotatable bonds is 0. The van der Waals surface area contributed by atoms with Gasteiger partial charge in [0, 0.05) is 5.92 Å². The van der Waals surface area contributed by atoms with Gasteiger partial charge in [0.2, 0.25) is 0 Å². The zero-order chi connectivity index (χ0) is 7.45. The zero-order valence-electron chi connectivity index (χ0n) is 6.64. The standard InChI is InChI=1S/C10H10O2/c1-4-3-2-6-10(11-6)7(3)5(1)9-8(4)12-9/h2-5,7-10H,1H2. The summed E-state index contributed by atoms with van der Waals surface area (Å²) in [6, 6.07) is 0. The zero-order valence-corrected chi connectivity index (χ0v) is 6.64. The van der Waals surface area contributed by atoms with Crippen molar-refractivity contribution in [2.24, 2.45) is 23.7 Å². The normalized spacial score (nSPS) is 72.7. The fourth-order valence-corrected chi connectivity index (χ4v) is 4.10. The summed E-state index contributed by atoms with van der Waals surface area (Å²) in [6.45, 7) is 0. The Labute approximate surface area is 70.5 Å². The van der Waals surface area contributed by atoms with Crippen molar-refractivity contribution in [1.82, 2.24) is 0 Å². The monoisotopic (exact) mass is 162 g/mol. The minimum atomic E-state index is 0.537. The molecule has 4 fully saturated rings. The van der Waals surface area contributed by atoms with Crippen molar-refractivity contribution in [2.45, 2.75) is 24.7 Å². The summed E-state index contributed by atoms with van der Waals surface area (Å²) in [7, 11) is 0. The van der Waals surface area contributed by atoms with Crippen LogP contribution < -0.4 is 0 Å². The Hall–Kier alpha value is -0.500.